The predicted molar refractivity (Wildman–Crippen MR) is 120 cm³/mol. The van der Waals surface area contributed by atoms with Crippen LogP contribution in [0, 0.1) is 5.92 Å². The van der Waals surface area contributed by atoms with Gasteiger partial charge in [-0.25, -0.2) is 9.59 Å². The largest absolute Gasteiger partial charge is 0.490 e. The summed E-state index contributed by atoms with van der Waals surface area (Å²) in [7, 11) is 0. The Hall–Kier alpha value is -3.20. The van der Waals surface area contributed by atoms with Crippen LogP contribution in [0.25, 0.3) is 0 Å². The Morgan fingerprint density at radius 3 is 2.16 bits per heavy atom. The summed E-state index contributed by atoms with van der Waals surface area (Å²) in [4.78, 5) is 24.7. The quantitative estimate of drug-likeness (QED) is 0.493. The van der Waals surface area contributed by atoms with Gasteiger partial charge < -0.3 is 14.9 Å². The molecule has 0 unspecified atom stereocenters. The van der Waals surface area contributed by atoms with Gasteiger partial charge in [0, 0.05) is 56.7 Å². The highest BCUT2D eigenvalue weighted by molar-refractivity contribution is 5.73. The molecule has 4 rings (SSSR count). The lowest BCUT2D eigenvalue weighted by Crippen LogP contribution is -2.31. The summed E-state index contributed by atoms with van der Waals surface area (Å²) in [5.74, 6) is -4.67. The summed E-state index contributed by atoms with van der Waals surface area (Å²) in [6, 6.07) is 6.14. The fourth-order valence-corrected chi connectivity index (χ4v) is 3.48. The molecule has 2 aliphatic rings. The van der Waals surface area contributed by atoms with E-state index in [1.165, 1.54) is 24.1 Å². The predicted octanol–water partition coefficient (Wildman–Crippen LogP) is 4.05. The van der Waals surface area contributed by atoms with Crippen molar-refractivity contribution in [2.45, 2.75) is 64.8 Å². The number of aliphatic carboxylic acids is 2. The van der Waals surface area contributed by atoms with Crippen molar-refractivity contribution in [2.75, 3.05) is 13.2 Å². The molecule has 0 spiro atoms. The average molecular weight is 554 g/mol. The van der Waals surface area contributed by atoms with Crippen molar-refractivity contribution in [2.24, 2.45) is 5.92 Å². The van der Waals surface area contributed by atoms with Gasteiger partial charge in [-0.1, -0.05) is 6.07 Å². The normalized spacial score (nSPS) is 15.4. The third-order valence-corrected chi connectivity index (χ3v) is 5.46. The van der Waals surface area contributed by atoms with Gasteiger partial charge in [-0.3, -0.25) is 14.6 Å². The van der Waals surface area contributed by atoms with Gasteiger partial charge in [0.25, 0.3) is 0 Å². The van der Waals surface area contributed by atoms with E-state index in [-0.39, 0.29) is 0 Å². The molecule has 0 atom stereocenters. The minimum absolute atomic E-state index is 0.633. The highest BCUT2D eigenvalue weighted by atomic mass is 19.4. The van der Waals surface area contributed by atoms with Crippen LogP contribution in [0.5, 0.6) is 0 Å². The maximum atomic E-state index is 10.6. The lowest BCUT2D eigenvalue weighted by molar-refractivity contribution is -0.193. The van der Waals surface area contributed by atoms with Gasteiger partial charge >= 0.3 is 24.3 Å². The number of fused-ring (bicyclic) bond motifs is 1. The first kappa shape index (κ1) is 31.0. The number of pyridine rings is 1. The lowest BCUT2D eigenvalue weighted by atomic mass is 10.0. The maximum absolute atomic E-state index is 10.6. The minimum atomic E-state index is -5.08. The Balaban J connectivity index is 0.000000301. The first-order valence-corrected chi connectivity index (χ1v) is 11.6. The van der Waals surface area contributed by atoms with Crippen LogP contribution in [0.4, 0.5) is 26.3 Å². The van der Waals surface area contributed by atoms with Crippen molar-refractivity contribution in [1.82, 2.24) is 19.7 Å². The van der Waals surface area contributed by atoms with E-state index < -0.39 is 24.3 Å². The van der Waals surface area contributed by atoms with Crippen LogP contribution in [0.15, 0.2) is 24.4 Å². The molecule has 15 heteroatoms. The van der Waals surface area contributed by atoms with Crippen LogP contribution >= 0.6 is 0 Å². The van der Waals surface area contributed by atoms with Crippen molar-refractivity contribution in [3.63, 3.8) is 0 Å². The van der Waals surface area contributed by atoms with Crippen LogP contribution in [0.2, 0.25) is 0 Å². The molecule has 0 bridgehead atoms. The average Bonchev–Trinajstić information content (AvgIpc) is 3.59. The molecule has 2 N–H and O–H groups in total. The number of ether oxygens (including phenoxy) is 1. The standard InChI is InChI=1S/C19H26N4O.2C2HF3O2/c1-2-24-14-18-17-13-22(12-16-5-3-4-9-20-16)10-8-19(17)23(21-18)11-15-6-7-15;2*3-2(4,5)1(6)7/h3-5,9,15H,2,6-8,10-14H2,1H3;2*(H,6,7). The smallest absolute Gasteiger partial charge is 0.475 e. The molecule has 212 valence electrons. The number of carboxylic acid groups (broad SMARTS) is 2. The van der Waals surface area contributed by atoms with E-state index >= 15 is 0 Å². The van der Waals surface area contributed by atoms with E-state index in [1.807, 2.05) is 19.2 Å². The molecular formula is C23H28F6N4O5. The number of hydrogen-bond acceptors (Lipinski definition) is 6. The van der Waals surface area contributed by atoms with Crippen LogP contribution in [0.3, 0.4) is 0 Å². The maximum Gasteiger partial charge on any atom is 0.490 e. The molecule has 1 aliphatic carbocycles. The van der Waals surface area contributed by atoms with E-state index in [9.17, 15) is 26.3 Å². The minimum Gasteiger partial charge on any atom is -0.475 e. The summed E-state index contributed by atoms with van der Waals surface area (Å²) in [5, 5.41) is 19.2. The molecule has 0 amide bonds. The number of halogens is 6. The third-order valence-electron chi connectivity index (χ3n) is 5.46. The molecule has 2 aromatic heterocycles. The number of alkyl halides is 6. The van der Waals surface area contributed by atoms with E-state index in [2.05, 4.69) is 26.7 Å². The Morgan fingerprint density at radius 1 is 1.08 bits per heavy atom. The number of rotatable bonds is 7. The first-order chi connectivity index (χ1) is 17.7. The second-order valence-corrected chi connectivity index (χ2v) is 8.52. The van der Waals surface area contributed by atoms with Gasteiger partial charge in [0.1, 0.15) is 0 Å². The van der Waals surface area contributed by atoms with Crippen molar-refractivity contribution < 1.29 is 50.9 Å². The zero-order valence-corrected chi connectivity index (χ0v) is 20.4. The molecule has 1 aliphatic heterocycles. The van der Waals surface area contributed by atoms with Crippen molar-refractivity contribution in [3.05, 3.63) is 47.0 Å². The Bertz CT molecular complexity index is 1030. The topological polar surface area (TPSA) is 118 Å². The van der Waals surface area contributed by atoms with Gasteiger partial charge in [-0.15, -0.1) is 0 Å². The molecule has 0 radical (unpaired) electrons. The summed E-state index contributed by atoms with van der Waals surface area (Å²) < 4.78 is 71.4. The fraction of sp³-hybridized carbons (Fsp3) is 0.565. The van der Waals surface area contributed by atoms with Gasteiger partial charge in [-0.05, 0) is 37.8 Å². The summed E-state index contributed by atoms with van der Waals surface area (Å²) in [6.45, 7) is 7.45. The number of carboxylic acids is 2. The zero-order valence-electron chi connectivity index (χ0n) is 20.4. The zero-order chi connectivity index (χ0) is 28.5. The van der Waals surface area contributed by atoms with Crippen molar-refractivity contribution in [3.8, 4) is 0 Å². The lowest BCUT2D eigenvalue weighted by Gasteiger charge is -2.27. The Morgan fingerprint density at radius 2 is 1.68 bits per heavy atom. The van der Waals surface area contributed by atoms with Crippen LogP contribution < -0.4 is 0 Å². The molecular weight excluding hydrogens is 526 g/mol. The number of hydrogen-bond donors (Lipinski definition) is 2. The highest BCUT2D eigenvalue weighted by Crippen LogP contribution is 2.33. The molecule has 38 heavy (non-hydrogen) atoms. The fourth-order valence-electron chi connectivity index (χ4n) is 3.48. The van der Waals surface area contributed by atoms with Crippen molar-refractivity contribution in [1.29, 1.82) is 0 Å². The molecule has 0 aromatic carbocycles. The van der Waals surface area contributed by atoms with Crippen molar-refractivity contribution >= 4 is 11.9 Å². The highest BCUT2D eigenvalue weighted by Gasteiger charge is 2.39. The number of aromatic nitrogens is 3. The van der Waals surface area contributed by atoms with Gasteiger partial charge in [0.05, 0.1) is 18.0 Å². The SMILES string of the molecule is CCOCc1nn(CC2CC2)c2c1CN(Cc1ccccn1)CC2.O=C(O)C(F)(F)F.O=C(O)C(F)(F)F. The molecule has 2 aromatic rings. The molecule has 1 saturated carbocycles. The second kappa shape index (κ2) is 13.6. The number of carbonyl (C=O) groups is 2. The van der Waals surface area contributed by atoms with E-state index in [4.69, 9.17) is 29.6 Å². The summed E-state index contributed by atoms with van der Waals surface area (Å²) in [5.41, 5.74) is 5.11. The second-order valence-electron chi connectivity index (χ2n) is 8.52. The number of nitrogens with zero attached hydrogens (tertiary/aromatic N) is 4. The Labute approximate surface area is 214 Å². The molecule has 1 fully saturated rings. The first-order valence-electron chi connectivity index (χ1n) is 11.6. The van der Waals surface area contributed by atoms with Gasteiger partial charge in [-0.2, -0.15) is 31.4 Å². The van der Waals surface area contributed by atoms with Crippen LogP contribution in [0.1, 0.15) is 42.4 Å². The van der Waals surface area contributed by atoms with E-state index in [1.54, 1.807) is 0 Å². The van der Waals surface area contributed by atoms with E-state index in [0.29, 0.717) is 6.61 Å². The Kier molecular flexibility index (Phi) is 11.1. The van der Waals surface area contributed by atoms with Crippen LogP contribution in [-0.4, -0.2) is 67.3 Å². The molecule has 0 saturated heterocycles. The monoisotopic (exact) mass is 554 g/mol. The summed E-state index contributed by atoms with van der Waals surface area (Å²) >= 11 is 0. The van der Waals surface area contributed by atoms with E-state index in [0.717, 1.165) is 56.5 Å². The van der Waals surface area contributed by atoms with Gasteiger partial charge in [0.2, 0.25) is 0 Å². The third kappa shape index (κ3) is 10.3. The molecule has 9 nitrogen and oxygen atoms in total. The van der Waals surface area contributed by atoms with Gasteiger partial charge in [0.15, 0.2) is 0 Å². The molecule has 3 heterocycles. The summed E-state index contributed by atoms with van der Waals surface area (Å²) in [6.07, 6.45) is -4.49. The van der Waals surface area contributed by atoms with Crippen LogP contribution in [-0.2, 0) is 47.0 Å².